The molecular weight excluding hydrogens is 230 g/mol. The van der Waals surface area contributed by atoms with Gasteiger partial charge in [-0.05, 0) is 49.4 Å². The first-order chi connectivity index (χ1) is 8.97. The van der Waals surface area contributed by atoms with Crippen molar-refractivity contribution in [2.45, 2.75) is 34.1 Å². The second-order valence-electron chi connectivity index (χ2n) is 5.95. The van der Waals surface area contributed by atoms with Gasteiger partial charge in [-0.2, -0.15) is 0 Å². The molecule has 19 heavy (non-hydrogen) atoms. The molecule has 0 aliphatic carbocycles. The Hall–Kier alpha value is -1.63. The summed E-state index contributed by atoms with van der Waals surface area (Å²) < 4.78 is 2.22. The van der Waals surface area contributed by atoms with Gasteiger partial charge in [0.2, 0.25) is 5.69 Å². The normalized spacial score (nSPS) is 11.1. The lowest BCUT2D eigenvalue weighted by Gasteiger charge is -2.09. The first-order valence-corrected chi connectivity index (χ1v) is 7.03. The zero-order chi connectivity index (χ0) is 14.0. The van der Waals surface area contributed by atoms with Crippen LogP contribution in [0.4, 0.5) is 0 Å². The highest BCUT2D eigenvalue weighted by Gasteiger charge is 2.13. The van der Waals surface area contributed by atoms with Gasteiger partial charge in [0.1, 0.15) is 7.05 Å². The van der Waals surface area contributed by atoms with Crippen molar-refractivity contribution in [3.8, 4) is 11.3 Å². The van der Waals surface area contributed by atoms with Crippen LogP contribution in [0.1, 0.15) is 30.5 Å². The van der Waals surface area contributed by atoms with E-state index in [1.54, 1.807) is 0 Å². The molecule has 0 aliphatic heterocycles. The molecule has 0 atom stereocenters. The Morgan fingerprint density at radius 2 is 1.79 bits per heavy atom. The van der Waals surface area contributed by atoms with Crippen LogP contribution in [0.25, 0.3) is 11.3 Å². The van der Waals surface area contributed by atoms with Crippen LogP contribution >= 0.6 is 0 Å². The number of hydrogen-bond donors (Lipinski definition) is 0. The smallest absolute Gasteiger partial charge is 0.201 e. The Morgan fingerprint density at radius 3 is 2.42 bits per heavy atom. The number of hydrogen-bond acceptors (Lipinski definition) is 0. The lowest BCUT2D eigenvalue weighted by Crippen LogP contribution is -2.31. The maximum Gasteiger partial charge on any atom is 0.212 e. The Kier molecular flexibility index (Phi) is 4.04. The quantitative estimate of drug-likeness (QED) is 0.729. The van der Waals surface area contributed by atoms with Crippen molar-refractivity contribution >= 4 is 0 Å². The van der Waals surface area contributed by atoms with E-state index >= 15 is 0 Å². The maximum absolute atomic E-state index is 2.35. The second kappa shape index (κ2) is 5.56. The fraction of sp³-hybridized carbons (Fsp3) is 0.389. The summed E-state index contributed by atoms with van der Waals surface area (Å²) >= 11 is 0. The molecule has 0 fully saturated rings. The molecule has 100 valence electrons. The highest BCUT2D eigenvalue weighted by Crippen LogP contribution is 2.23. The molecule has 0 aliphatic rings. The molecule has 1 heteroatoms. The first kappa shape index (κ1) is 13.8. The molecular formula is C18H24N+. The van der Waals surface area contributed by atoms with Crippen molar-refractivity contribution in [1.82, 2.24) is 0 Å². The lowest BCUT2D eigenvalue weighted by atomic mass is 9.96. The van der Waals surface area contributed by atoms with Gasteiger partial charge in [0.25, 0.3) is 0 Å². The molecule has 1 aromatic carbocycles. The monoisotopic (exact) mass is 254 g/mol. The van der Waals surface area contributed by atoms with Crippen molar-refractivity contribution in [1.29, 1.82) is 0 Å². The van der Waals surface area contributed by atoms with Crippen molar-refractivity contribution in [3.05, 3.63) is 53.2 Å². The zero-order valence-corrected chi connectivity index (χ0v) is 12.7. The molecule has 0 amide bonds. The molecule has 0 bridgehead atoms. The van der Waals surface area contributed by atoms with Crippen LogP contribution < -0.4 is 4.57 Å². The van der Waals surface area contributed by atoms with Gasteiger partial charge in [-0.15, -0.1) is 0 Å². The van der Waals surface area contributed by atoms with Crippen LogP contribution in [0.3, 0.4) is 0 Å². The van der Waals surface area contributed by atoms with E-state index in [4.69, 9.17) is 0 Å². The van der Waals surface area contributed by atoms with Gasteiger partial charge >= 0.3 is 0 Å². The third kappa shape index (κ3) is 3.23. The zero-order valence-electron chi connectivity index (χ0n) is 12.7. The Morgan fingerprint density at radius 1 is 1.05 bits per heavy atom. The van der Waals surface area contributed by atoms with E-state index in [1.807, 2.05) is 0 Å². The molecule has 0 saturated carbocycles. The summed E-state index contributed by atoms with van der Waals surface area (Å²) in [6, 6.07) is 11.3. The minimum absolute atomic E-state index is 0.697. The third-order valence-electron chi connectivity index (χ3n) is 3.50. The van der Waals surface area contributed by atoms with Crippen LogP contribution in [0.15, 0.2) is 36.5 Å². The Bertz CT molecular complexity index is 582. The lowest BCUT2D eigenvalue weighted by molar-refractivity contribution is -0.660. The fourth-order valence-corrected chi connectivity index (χ4v) is 2.57. The number of nitrogens with zero attached hydrogens (tertiary/aromatic N) is 1. The number of aryl methyl sites for hydroxylation is 3. The summed E-state index contributed by atoms with van der Waals surface area (Å²) in [6.07, 6.45) is 3.33. The molecule has 1 nitrogen and oxygen atoms in total. The summed E-state index contributed by atoms with van der Waals surface area (Å²) in [5.74, 6) is 0.697. The molecule has 0 N–H and O–H groups in total. The van der Waals surface area contributed by atoms with E-state index < -0.39 is 0 Å². The van der Waals surface area contributed by atoms with Crippen molar-refractivity contribution in [2.75, 3.05) is 0 Å². The van der Waals surface area contributed by atoms with Gasteiger partial charge < -0.3 is 0 Å². The number of benzene rings is 1. The standard InChI is InChI=1S/C18H24N/c1-13(2)10-16-8-7-15(4)17(11-16)18-9-6-14(3)12-19(18)5/h6-9,11-13H,10H2,1-5H3/q+1. The van der Waals surface area contributed by atoms with E-state index in [-0.39, 0.29) is 0 Å². The number of rotatable bonds is 3. The fourth-order valence-electron chi connectivity index (χ4n) is 2.57. The van der Waals surface area contributed by atoms with E-state index in [0.717, 1.165) is 6.42 Å². The highest BCUT2D eigenvalue weighted by molar-refractivity contribution is 5.62. The van der Waals surface area contributed by atoms with Gasteiger partial charge in [0.05, 0.1) is 0 Å². The molecule has 0 spiro atoms. The van der Waals surface area contributed by atoms with Crippen molar-refractivity contribution in [3.63, 3.8) is 0 Å². The summed E-state index contributed by atoms with van der Waals surface area (Å²) in [5, 5.41) is 0. The Balaban J connectivity index is 2.48. The number of pyridine rings is 1. The molecule has 2 aromatic rings. The summed E-state index contributed by atoms with van der Waals surface area (Å²) in [4.78, 5) is 0. The van der Waals surface area contributed by atoms with Crippen molar-refractivity contribution < 1.29 is 4.57 Å². The van der Waals surface area contributed by atoms with E-state index in [2.05, 4.69) is 75.8 Å². The summed E-state index contributed by atoms with van der Waals surface area (Å²) in [5.41, 5.74) is 6.69. The summed E-state index contributed by atoms with van der Waals surface area (Å²) in [7, 11) is 2.12. The first-order valence-electron chi connectivity index (χ1n) is 7.03. The molecule has 1 aromatic heterocycles. The number of aromatic nitrogens is 1. The largest absolute Gasteiger partial charge is 0.212 e. The molecule has 0 radical (unpaired) electrons. The van der Waals surface area contributed by atoms with E-state index in [1.165, 1.54) is 27.9 Å². The van der Waals surface area contributed by atoms with Gasteiger partial charge in [0, 0.05) is 17.2 Å². The molecule has 0 unspecified atom stereocenters. The Labute approximate surface area is 116 Å². The topological polar surface area (TPSA) is 3.88 Å². The maximum atomic E-state index is 2.35. The minimum atomic E-state index is 0.697. The van der Waals surface area contributed by atoms with Crippen LogP contribution in [0.5, 0.6) is 0 Å². The summed E-state index contributed by atoms with van der Waals surface area (Å²) in [6.45, 7) is 8.86. The molecule has 2 rings (SSSR count). The van der Waals surface area contributed by atoms with Gasteiger partial charge in [0.15, 0.2) is 6.20 Å². The van der Waals surface area contributed by atoms with E-state index in [0.29, 0.717) is 5.92 Å². The minimum Gasteiger partial charge on any atom is -0.201 e. The molecule has 1 heterocycles. The van der Waals surface area contributed by atoms with Crippen LogP contribution in [0.2, 0.25) is 0 Å². The van der Waals surface area contributed by atoms with Crippen LogP contribution in [-0.2, 0) is 13.5 Å². The van der Waals surface area contributed by atoms with E-state index in [9.17, 15) is 0 Å². The van der Waals surface area contributed by atoms with Gasteiger partial charge in [-0.1, -0.05) is 26.0 Å². The van der Waals surface area contributed by atoms with Crippen LogP contribution in [-0.4, -0.2) is 0 Å². The average Bonchev–Trinajstić information content (AvgIpc) is 2.31. The van der Waals surface area contributed by atoms with Gasteiger partial charge in [-0.3, -0.25) is 0 Å². The SMILES string of the molecule is Cc1ccc(-c2cc(CC(C)C)ccc2C)[n+](C)c1. The highest BCUT2D eigenvalue weighted by atomic mass is 14.9. The van der Waals surface area contributed by atoms with Gasteiger partial charge in [-0.25, -0.2) is 4.57 Å². The van der Waals surface area contributed by atoms with Crippen LogP contribution in [0, 0.1) is 19.8 Å². The average molecular weight is 254 g/mol. The second-order valence-corrected chi connectivity index (χ2v) is 5.95. The molecule has 0 saturated heterocycles. The predicted octanol–water partition coefficient (Wildman–Crippen LogP) is 3.99. The third-order valence-corrected chi connectivity index (χ3v) is 3.50. The predicted molar refractivity (Wildman–Crippen MR) is 81.1 cm³/mol. The van der Waals surface area contributed by atoms with Crippen molar-refractivity contribution in [2.24, 2.45) is 13.0 Å².